The van der Waals surface area contributed by atoms with E-state index in [1.54, 1.807) is 0 Å². The summed E-state index contributed by atoms with van der Waals surface area (Å²) < 4.78 is 0. The van der Waals surface area contributed by atoms with Crippen LogP contribution in [0.15, 0.2) is 12.1 Å². The molecule has 0 radical (unpaired) electrons. The van der Waals surface area contributed by atoms with Crippen molar-refractivity contribution in [1.82, 2.24) is 0 Å². The molecule has 0 saturated heterocycles. The third-order valence-electron chi connectivity index (χ3n) is 2.37. The van der Waals surface area contributed by atoms with Gasteiger partial charge in [0.25, 0.3) is 0 Å². The minimum atomic E-state index is 0.143. The smallest absolute Gasteiger partial charge is 0.0268 e. The first kappa shape index (κ1) is 9.27. The van der Waals surface area contributed by atoms with Gasteiger partial charge in [0, 0.05) is 6.04 Å². The molecule has 0 amide bonds. The lowest BCUT2D eigenvalue weighted by Gasteiger charge is -2.12. The predicted octanol–water partition coefficient (Wildman–Crippen LogP) is 2.63. The van der Waals surface area contributed by atoms with Crippen LogP contribution in [-0.4, -0.2) is 0 Å². The first-order chi connectivity index (χ1) is 5.52. The molecule has 2 N–H and O–H groups in total. The Morgan fingerprint density at radius 1 is 1.00 bits per heavy atom. The molecule has 0 heterocycles. The van der Waals surface area contributed by atoms with E-state index in [2.05, 4.69) is 32.9 Å². The third kappa shape index (κ3) is 1.67. The quantitative estimate of drug-likeness (QED) is 0.676. The highest BCUT2D eigenvalue weighted by Crippen LogP contribution is 2.19. The topological polar surface area (TPSA) is 26.0 Å². The molecule has 0 aliphatic carbocycles. The molecule has 0 saturated carbocycles. The zero-order valence-corrected chi connectivity index (χ0v) is 8.31. The molecule has 0 aliphatic rings. The van der Waals surface area contributed by atoms with Gasteiger partial charge in [-0.15, -0.1) is 0 Å². The second kappa shape index (κ2) is 3.28. The van der Waals surface area contributed by atoms with Gasteiger partial charge in [-0.2, -0.15) is 0 Å². The maximum Gasteiger partial charge on any atom is 0.0268 e. The molecule has 0 spiro atoms. The van der Waals surface area contributed by atoms with Gasteiger partial charge in [0.2, 0.25) is 0 Å². The summed E-state index contributed by atoms with van der Waals surface area (Å²) in [4.78, 5) is 0. The minimum Gasteiger partial charge on any atom is -0.324 e. The number of hydrogen-bond acceptors (Lipinski definition) is 1. The van der Waals surface area contributed by atoms with Crippen LogP contribution in [-0.2, 0) is 0 Å². The maximum absolute atomic E-state index is 5.83. The van der Waals surface area contributed by atoms with Crippen molar-refractivity contribution in [2.45, 2.75) is 33.7 Å². The second-order valence-corrected chi connectivity index (χ2v) is 3.58. The van der Waals surface area contributed by atoms with Crippen molar-refractivity contribution in [3.63, 3.8) is 0 Å². The van der Waals surface area contributed by atoms with E-state index in [1.807, 2.05) is 6.92 Å². The monoisotopic (exact) mass is 163 g/mol. The zero-order chi connectivity index (χ0) is 9.30. The summed E-state index contributed by atoms with van der Waals surface area (Å²) >= 11 is 0. The van der Waals surface area contributed by atoms with E-state index in [4.69, 9.17) is 5.73 Å². The molecular formula is C11H17N. The van der Waals surface area contributed by atoms with Crippen molar-refractivity contribution in [2.75, 3.05) is 0 Å². The van der Waals surface area contributed by atoms with Crippen molar-refractivity contribution in [1.29, 1.82) is 0 Å². The SMILES string of the molecule is Cc1cc(C)c(C(C)N)cc1C. The lowest BCUT2D eigenvalue weighted by molar-refractivity contribution is 0.807. The highest BCUT2D eigenvalue weighted by Gasteiger charge is 2.04. The van der Waals surface area contributed by atoms with Gasteiger partial charge in [-0.1, -0.05) is 12.1 Å². The molecule has 1 rings (SSSR count). The Kier molecular flexibility index (Phi) is 2.53. The summed E-state index contributed by atoms with van der Waals surface area (Å²) in [5, 5.41) is 0. The van der Waals surface area contributed by atoms with Crippen LogP contribution in [0, 0.1) is 20.8 Å². The highest BCUT2D eigenvalue weighted by molar-refractivity contribution is 5.37. The third-order valence-corrected chi connectivity index (χ3v) is 2.37. The lowest BCUT2D eigenvalue weighted by Crippen LogP contribution is -2.07. The molecule has 12 heavy (non-hydrogen) atoms. The first-order valence-corrected chi connectivity index (χ1v) is 4.35. The molecule has 1 nitrogen and oxygen atoms in total. The van der Waals surface area contributed by atoms with Gasteiger partial charge < -0.3 is 5.73 Å². The number of rotatable bonds is 1. The van der Waals surface area contributed by atoms with Crippen molar-refractivity contribution in [2.24, 2.45) is 5.73 Å². The molecule has 66 valence electrons. The van der Waals surface area contributed by atoms with E-state index >= 15 is 0 Å². The normalized spacial score (nSPS) is 13.1. The van der Waals surface area contributed by atoms with E-state index in [1.165, 1.54) is 22.3 Å². The Balaban J connectivity index is 3.23. The molecule has 1 unspecified atom stereocenters. The van der Waals surface area contributed by atoms with Crippen molar-refractivity contribution < 1.29 is 0 Å². The molecule has 0 aliphatic heterocycles. The molecule has 1 aromatic rings. The second-order valence-electron chi connectivity index (χ2n) is 3.58. The number of benzene rings is 1. The van der Waals surface area contributed by atoms with E-state index in [0.717, 1.165) is 0 Å². The van der Waals surface area contributed by atoms with Crippen LogP contribution in [0.3, 0.4) is 0 Å². The first-order valence-electron chi connectivity index (χ1n) is 4.35. The molecule has 0 bridgehead atoms. The standard InChI is InChI=1S/C11H17N/c1-7-5-9(3)11(10(4)12)6-8(7)2/h5-6,10H,12H2,1-4H3. The summed E-state index contributed by atoms with van der Waals surface area (Å²) in [6, 6.07) is 4.54. The van der Waals surface area contributed by atoms with Gasteiger partial charge in [-0.3, -0.25) is 0 Å². The Morgan fingerprint density at radius 2 is 1.50 bits per heavy atom. The van der Waals surface area contributed by atoms with Crippen molar-refractivity contribution in [3.8, 4) is 0 Å². The van der Waals surface area contributed by atoms with Gasteiger partial charge in [-0.05, 0) is 49.9 Å². The fourth-order valence-corrected chi connectivity index (χ4v) is 1.47. The van der Waals surface area contributed by atoms with Crippen LogP contribution < -0.4 is 5.73 Å². The summed E-state index contributed by atoms with van der Waals surface area (Å²) in [5.74, 6) is 0. The van der Waals surface area contributed by atoms with Gasteiger partial charge in [0.05, 0.1) is 0 Å². The summed E-state index contributed by atoms with van der Waals surface area (Å²) in [7, 11) is 0. The van der Waals surface area contributed by atoms with Crippen LogP contribution in [0.4, 0.5) is 0 Å². The maximum atomic E-state index is 5.83. The average Bonchev–Trinajstić information content (AvgIpc) is 1.96. The van der Waals surface area contributed by atoms with Crippen LogP contribution >= 0.6 is 0 Å². The Bertz CT molecular complexity index is 287. The number of hydrogen-bond donors (Lipinski definition) is 1. The Hall–Kier alpha value is -0.820. The number of aryl methyl sites for hydroxylation is 3. The summed E-state index contributed by atoms with van der Waals surface area (Å²) in [6.45, 7) is 8.40. The molecule has 0 aromatic heterocycles. The van der Waals surface area contributed by atoms with E-state index < -0.39 is 0 Å². The molecular weight excluding hydrogens is 146 g/mol. The largest absolute Gasteiger partial charge is 0.324 e. The highest BCUT2D eigenvalue weighted by atomic mass is 14.6. The van der Waals surface area contributed by atoms with Gasteiger partial charge in [0.15, 0.2) is 0 Å². The molecule has 0 fully saturated rings. The van der Waals surface area contributed by atoms with Crippen molar-refractivity contribution >= 4 is 0 Å². The van der Waals surface area contributed by atoms with E-state index in [0.29, 0.717) is 0 Å². The Labute approximate surface area is 74.6 Å². The summed E-state index contributed by atoms with van der Waals surface area (Å²) in [5.41, 5.74) is 11.1. The predicted molar refractivity (Wildman–Crippen MR) is 53.3 cm³/mol. The van der Waals surface area contributed by atoms with Crippen LogP contribution in [0.1, 0.15) is 35.2 Å². The van der Waals surface area contributed by atoms with Gasteiger partial charge in [0.1, 0.15) is 0 Å². The average molecular weight is 163 g/mol. The fourth-order valence-electron chi connectivity index (χ4n) is 1.47. The number of nitrogens with two attached hydrogens (primary N) is 1. The lowest BCUT2D eigenvalue weighted by atomic mass is 9.97. The van der Waals surface area contributed by atoms with E-state index in [9.17, 15) is 0 Å². The zero-order valence-electron chi connectivity index (χ0n) is 8.31. The molecule has 1 heteroatoms. The van der Waals surface area contributed by atoms with Crippen molar-refractivity contribution in [3.05, 3.63) is 34.4 Å². The van der Waals surface area contributed by atoms with Gasteiger partial charge in [-0.25, -0.2) is 0 Å². The Morgan fingerprint density at radius 3 is 2.00 bits per heavy atom. The van der Waals surface area contributed by atoms with Crippen LogP contribution in [0.25, 0.3) is 0 Å². The molecule has 1 aromatic carbocycles. The van der Waals surface area contributed by atoms with Gasteiger partial charge >= 0.3 is 0 Å². The van der Waals surface area contributed by atoms with Crippen LogP contribution in [0.5, 0.6) is 0 Å². The summed E-state index contributed by atoms with van der Waals surface area (Å²) in [6.07, 6.45) is 0. The van der Waals surface area contributed by atoms with E-state index in [-0.39, 0.29) is 6.04 Å². The fraction of sp³-hybridized carbons (Fsp3) is 0.455. The minimum absolute atomic E-state index is 0.143. The van der Waals surface area contributed by atoms with Crippen LogP contribution in [0.2, 0.25) is 0 Å². The molecule has 1 atom stereocenters.